The van der Waals surface area contributed by atoms with Crippen molar-refractivity contribution in [2.75, 3.05) is 6.54 Å². The summed E-state index contributed by atoms with van der Waals surface area (Å²) in [5.41, 5.74) is 4.80. The fraction of sp³-hybridized carbons (Fsp3) is 0.355. The van der Waals surface area contributed by atoms with Gasteiger partial charge in [0, 0.05) is 12.0 Å². The maximum Gasteiger partial charge on any atom is 0.357 e. The van der Waals surface area contributed by atoms with E-state index >= 15 is 0 Å². The van der Waals surface area contributed by atoms with E-state index in [4.69, 9.17) is 9.57 Å². The molecule has 1 aliphatic heterocycles. The second kappa shape index (κ2) is 9.55. The van der Waals surface area contributed by atoms with Crippen LogP contribution in [0.4, 0.5) is 0 Å². The maximum absolute atomic E-state index is 12.9. The van der Waals surface area contributed by atoms with E-state index in [1.54, 1.807) is 12.1 Å². The van der Waals surface area contributed by atoms with Crippen LogP contribution in [0, 0.1) is 5.92 Å². The summed E-state index contributed by atoms with van der Waals surface area (Å²) < 4.78 is 6.21. The molecule has 184 valence electrons. The zero-order chi connectivity index (χ0) is 24.5. The Kier molecular flexibility index (Phi) is 6.10. The number of ether oxygens (including phenoxy) is 1. The van der Waals surface area contributed by atoms with Crippen molar-refractivity contribution < 1.29 is 19.2 Å². The van der Waals surface area contributed by atoms with Gasteiger partial charge in [0.15, 0.2) is 6.29 Å². The molecule has 0 radical (unpaired) electrons. The highest BCUT2D eigenvalue weighted by molar-refractivity contribution is 5.89. The van der Waals surface area contributed by atoms with Gasteiger partial charge in [0.2, 0.25) is 0 Å². The number of benzene rings is 3. The van der Waals surface area contributed by atoms with Crippen LogP contribution in [-0.4, -0.2) is 29.9 Å². The molecule has 1 saturated heterocycles. The third-order valence-electron chi connectivity index (χ3n) is 8.49. The van der Waals surface area contributed by atoms with E-state index in [0.717, 1.165) is 44.1 Å². The van der Waals surface area contributed by atoms with Crippen LogP contribution in [0.2, 0.25) is 0 Å². The highest BCUT2D eigenvalue weighted by Gasteiger charge is 2.55. The van der Waals surface area contributed by atoms with E-state index in [1.165, 1.54) is 24.0 Å². The third-order valence-corrected chi connectivity index (χ3v) is 8.49. The van der Waals surface area contributed by atoms with Crippen molar-refractivity contribution in [2.24, 2.45) is 5.92 Å². The first kappa shape index (κ1) is 23.0. The zero-order valence-corrected chi connectivity index (χ0v) is 20.4. The molecule has 3 atom stereocenters. The molecular formula is C31H31NO4. The van der Waals surface area contributed by atoms with E-state index in [9.17, 15) is 9.59 Å². The molecule has 2 fully saturated rings. The molecule has 6 rings (SSSR count). The summed E-state index contributed by atoms with van der Waals surface area (Å²) in [5.74, 6) is 0.783. The van der Waals surface area contributed by atoms with Crippen LogP contribution in [-0.2, 0) is 23.3 Å². The SMILES string of the molecule is O=Cc1cc2c(cc1OCc1ccccc1)[C@]13CCCCC1[C@H](C2)N(OC(=O)c1ccccc1)CC3. The number of rotatable bonds is 6. The molecule has 3 aromatic rings. The number of carbonyl (C=O) groups excluding carboxylic acids is 2. The molecule has 5 nitrogen and oxygen atoms in total. The molecule has 1 heterocycles. The molecule has 2 bridgehead atoms. The predicted octanol–water partition coefficient (Wildman–Crippen LogP) is 5.91. The molecule has 5 heteroatoms. The monoisotopic (exact) mass is 481 g/mol. The summed E-state index contributed by atoms with van der Waals surface area (Å²) in [7, 11) is 0. The fourth-order valence-electron chi connectivity index (χ4n) is 6.83. The Morgan fingerprint density at radius 2 is 1.78 bits per heavy atom. The number of piperidine rings is 1. The Labute approximate surface area is 212 Å². The molecule has 1 unspecified atom stereocenters. The first-order chi connectivity index (χ1) is 17.7. The van der Waals surface area contributed by atoms with Crippen LogP contribution in [0.1, 0.15) is 69.5 Å². The largest absolute Gasteiger partial charge is 0.488 e. The zero-order valence-electron chi connectivity index (χ0n) is 20.4. The van der Waals surface area contributed by atoms with Gasteiger partial charge in [-0.3, -0.25) is 4.79 Å². The van der Waals surface area contributed by atoms with Gasteiger partial charge in [-0.05, 0) is 72.6 Å². The third kappa shape index (κ3) is 4.01. The standard InChI is InChI=1S/C31H31NO4/c33-20-25-17-24-18-28-26-13-7-8-14-31(26,15-16-32(28)36-30(34)23-11-5-2-6-12-23)27(24)19-29(25)35-21-22-9-3-1-4-10-22/h1-6,9-12,17,19-20,26,28H,7-8,13-16,18,21H2/t26?,28-,31-/m0/s1. The van der Waals surface area contributed by atoms with Crippen molar-refractivity contribution >= 4 is 12.3 Å². The average Bonchev–Trinajstić information content (AvgIpc) is 2.94. The van der Waals surface area contributed by atoms with Gasteiger partial charge >= 0.3 is 5.97 Å². The van der Waals surface area contributed by atoms with Crippen molar-refractivity contribution in [1.82, 2.24) is 5.06 Å². The number of carbonyl (C=O) groups is 2. The number of hydroxylamine groups is 2. The first-order valence-corrected chi connectivity index (χ1v) is 13.0. The van der Waals surface area contributed by atoms with Crippen LogP contribution in [0.25, 0.3) is 0 Å². The normalized spacial score (nSPS) is 24.8. The van der Waals surface area contributed by atoms with Gasteiger partial charge in [-0.15, -0.1) is 5.06 Å². The van der Waals surface area contributed by atoms with Gasteiger partial charge in [0.1, 0.15) is 12.4 Å². The van der Waals surface area contributed by atoms with Crippen molar-refractivity contribution in [2.45, 2.75) is 56.6 Å². The van der Waals surface area contributed by atoms with Crippen LogP contribution < -0.4 is 4.74 Å². The summed E-state index contributed by atoms with van der Waals surface area (Å²) in [5, 5.41) is 1.94. The fourth-order valence-corrected chi connectivity index (χ4v) is 6.83. The van der Waals surface area contributed by atoms with E-state index in [-0.39, 0.29) is 17.4 Å². The average molecular weight is 482 g/mol. The minimum absolute atomic E-state index is 0.0401. The van der Waals surface area contributed by atoms with Gasteiger partial charge in [-0.1, -0.05) is 61.4 Å². The van der Waals surface area contributed by atoms with Gasteiger partial charge < -0.3 is 9.57 Å². The Morgan fingerprint density at radius 3 is 2.56 bits per heavy atom. The topological polar surface area (TPSA) is 55.8 Å². The van der Waals surface area contributed by atoms with Gasteiger partial charge in [0.05, 0.1) is 17.2 Å². The lowest BCUT2D eigenvalue weighted by Crippen LogP contribution is -2.61. The molecule has 0 aromatic heterocycles. The highest BCUT2D eigenvalue weighted by atomic mass is 16.7. The van der Waals surface area contributed by atoms with Crippen LogP contribution >= 0.6 is 0 Å². The minimum atomic E-state index is -0.303. The van der Waals surface area contributed by atoms with E-state index in [0.29, 0.717) is 29.4 Å². The molecule has 36 heavy (non-hydrogen) atoms. The molecular weight excluding hydrogens is 450 g/mol. The molecule has 0 amide bonds. The smallest absolute Gasteiger partial charge is 0.357 e. The molecule has 1 saturated carbocycles. The second-order valence-corrected chi connectivity index (χ2v) is 10.4. The lowest BCUT2D eigenvalue weighted by molar-refractivity contribution is -0.190. The highest BCUT2D eigenvalue weighted by Crippen LogP contribution is 2.56. The summed E-state index contributed by atoms with van der Waals surface area (Å²) in [6, 6.07) is 23.5. The predicted molar refractivity (Wildman–Crippen MR) is 137 cm³/mol. The van der Waals surface area contributed by atoms with Crippen LogP contribution in [0.5, 0.6) is 5.75 Å². The summed E-state index contributed by atoms with van der Waals surface area (Å²) in [6.07, 6.45) is 7.24. The van der Waals surface area contributed by atoms with Gasteiger partial charge in [0.25, 0.3) is 0 Å². The number of hydrogen-bond donors (Lipinski definition) is 0. The lowest BCUT2D eigenvalue weighted by Gasteiger charge is -2.58. The second-order valence-electron chi connectivity index (χ2n) is 10.4. The van der Waals surface area contributed by atoms with Crippen LogP contribution in [0.3, 0.4) is 0 Å². The quantitative estimate of drug-likeness (QED) is 0.410. The number of aldehydes is 1. The molecule has 2 aliphatic carbocycles. The Hall–Kier alpha value is -3.44. The Morgan fingerprint density at radius 1 is 1.00 bits per heavy atom. The lowest BCUT2D eigenvalue weighted by atomic mass is 9.52. The summed E-state index contributed by atoms with van der Waals surface area (Å²) >= 11 is 0. The Bertz CT molecular complexity index is 1260. The van der Waals surface area contributed by atoms with E-state index < -0.39 is 0 Å². The Balaban J connectivity index is 1.32. The summed E-state index contributed by atoms with van der Waals surface area (Å²) in [4.78, 5) is 30.9. The van der Waals surface area contributed by atoms with Crippen molar-refractivity contribution in [3.8, 4) is 5.75 Å². The number of hydrogen-bond acceptors (Lipinski definition) is 5. The van der Waals surface area contributed by atoms with Crippen molar-refractivity contribution in [1.29, 1.82) is 0 Å². The van der Waals surface area contributed by atoms with Crippen molar-refractivity contribution in [3.05, 3.63) is 101 Å². The maximum atomic E-state index is 12.9. The van der Waals surface area contributed by atoms with Crippen LogP contribution in [0.15, 0.2) is 72.8 Å². The molecule has 3 aromatic carbocycles. The number of nitrogens with zero attached hydrogens (tertiary/aromatic N) is 1. The van der Waals surface area contributed by atoms with E-state index in [2.05, 4.69) is 6.07 Å². The summed E-state index contributed by atoms with van der Waals surface area (Å²) in [6.45, 7) is 1.15. The minimum Gasteiger partial charge on any atom is -0.488 e. The number of fused-ring (bicyclic) bond motifs is 1. The van der Waals surface area contributed by atoms with E-state index in [1.807, 2.05) is 59.7 Å². The van der Waals surface area contributed by atoms with Crippen molar-refractivity contribution in [3.63, 3.8) is 0 Å². The molecule has 3 aliphatic rings. The first-order valence-electron chi connectivity index (χ1n) is 13.0. The molecule has 0 spiro atoms. The van der Waals surface area contributed by atoms with Gasteiger partial charge in [-0.2, -0.15) is 0 Å². The van der Waals surface area contributed by atoms with Gasteiger partial charge in [-0.25, -0.2) is 4.79 Å². The molecule has 0 N–H and O–H groups in total.